The molecule has 2 N–H and O–H groups in total. The first-order valence-electron chi connectivity index (χ1n) is 12.1. The largest absolute Gasteiger partial charge is 0.508 e. The lowest BCUT2D eigenvalue weighted by Crippen LogP contribution is -2.67. The lowest BCUT2D eigenvalue weighted by molar-refractivity contribution is -0.221. The van der Waals surface area contributed by atoms with Crippen molar-refractivity contribution in [3.8, 4) is 0 Å². The number of methoxy groups -OCH3 is 2. The number of allylic oxidation sites excluding steroid dienone is 1. The second kappa shape index (κ2) is 8.45. The molecule has 4 aliphatic rings. The topological polar surface area (TPSA) is 112 Å². The lowest BCUT2D eigenvalue weighted by atomic mass is 9.44. The van der Waals surface area contributed by atoms with Crippen molar-refractivity contribution in [2.45, 2.75) is 83.2 Å². The molecular formula is C25H38O8. The summed E-state index contributed by atoms with van der Waals surface area (Å²) < 4.78 is 20.6. The van der Waals surface area contributed by atoms with E-state index in [1.165, 1.54) is 14.2 Å². The zero-order chi connectivity index (χ0) is 24.2. The first-order chi connectivity index (χ1) is 15.5. The number of carbonyl (C=O) groups is 2. The van der Waals surface area contributed by atoms with Crippen molar-refractivity contribution in [3.05, 3.63) is 12.2 Å². The van der Waals surface area contributed by atoms with E-state index in [0.29, 0.717) is 5.92 Å². The minimum Gasteiger partial charge on any atom is -0.438 e. The SMILES string of the molecule is COC(=O)O[C@H]1C[C@H](OC(=O)OC)[C@]2(C)[C@H]3CC[C@]4(C)[C@@H](C(C)O)CC[C@H]4[C@@H]3C=C[C@@]2(O)C1. The molecule has 0 spiro atoms. The van der Waals surface area contributed by atoms with Gasteiger partial charge < -0.3 is 29.2 Å². The quantitative estimate of drug-likeness (QED) is 0.477. The molecule has 3 saturated carbocycles. The molecule has 8 nitrogen and oxygen atoms in total. The number of hydrogen-bond donors (Lipinski definition) is 2. The van der Waals surface area contributed by atoms with Gasteiger partial charge in [-0.1, -0.05) is 26.0 Å². The van der Waals surface area contributed by atoms with Crippen LogP contribution in [-0.2, 0) is 18.9 Å². The fraction of sp³-hybridized carbons (Fsp3) is 0.840. The molecule has 33 heavy (non-hydrogen) atoms. The summed E-state index contributed by atoms with van der Waals surface area (Å²) in [5.41, 5.74) is -2.06. The number of ether oxygens (including phenoxy) is 4. The van der Waals surface area contributed by atoms with E-state index in [2.05, 4.69) is 17.7 Å². The molecule has 0 aromatic rings. The van der Waals surface area contributed by atoms with E-state index in [9.17, 15) is 19.8 Å². The lowest BCUT2D eigenvalue weighted by Gasteiger charge is -2.63. The molecule has 4 rings (SSSR count). The second-order valence-electron chi connectivity index (χ2n) is 11.0. The van der Waals surface area contributed by atoms with E-state index in [1.807, 2.05) is 19.9 Å². The van der Waals surface area contributed by atoms with Crippen LogP contribution >= 0.6 is 0 Å². The molecule has 4 aliphatic carbocycles. The third-order valence-electron chi connectivity index (χ3n) is 9.80. The van der Waals surface area contributed by atoms with Crippen LogP contribution in [0.4, 0.5) is 9.59 Å². The monoisotopic (exact) mass is 466 g/mol. The van der Waals surface area contributed by atoms with Crippen LogP contribution < -0.4 is 0 Å². The molecule has 8 heteroatoms. The molecule has 0 amide bonds. The van der Waals surface area contributed by atoms with Crippen LogP contribution in [0, 0.1) is 34.5 Å². The van der Waals surface area contributed by atoms with Gasteiger partial charge in [-0.2, -0.15) is 0 Å². The highest BCUT2D eigenvalue weighted by atomic mass is 16.7. The Morgan fingerprint density at radius 1 is 1.03 bits per heavy atom. The predicted molar refractivity (Wildman–Crippen MR) is 118 cm³/mol. The molecule has 0 aromatic carbocycles. The van der Waals surface area contributed by atoms with E-state index >= 15 is 0 Å². The maximum absolute atomic E-state index is 12.2. The number of fused-ring (bicyclic) bond motifs is 5. The summed E-state index contributed by atoms with van der Waals surface area (Å²) in [4.78, 5) is 24.0. The summed E-state index contributed by atoms with van der Waals surface area (Å²) in [5.74, 6) is 0.930. The van der Waals surface area contributed by atoms with E-state index in [4.69, 9.17) is 14.2 Å². The molecule has 0 bridgehead atoms. The van der Waals surface area contributed by atoms with Gasteiger partial charge in [-0.05, 0) is 61.7 Å². The van der Waals surface area contributed by atoms with E-state index in [-0.39, 0.29) is 42.1 Å². The molecule has 0 aliphatic heterocycles. The molecule has 0 aromatic heterocycles. The van der Waals surface area contributed by atoms with Crippen molar-refractivity contribution in [2.75, 3.05) is 14.2 Å². The standard InChI is InChI=1S/C25H38O8/c1-14(26)17-6-7-18-16-8-11-25(29)13-15(32-21(27)30-4)12-20(33-22(28)31-5)24(25,3)19(16)9-10-23(17,18)2/h8,11,14-20,26,29H,6-7,9-10,12-13H2,1-5H3/t14?,15-,16-,17+,18-,19-,20-,23+,24-,25+/m0/s1. The van der Waals surface area contributed by atoms with Crippen LogP contribution in [0.3, 0.4) is 0 Å². The maximum atomic E-state index is 12.2. The Hall–Kier alpha value is -1.80. The normalized spacial score (nSPS) is 46.9. The third kappa shape index (κ3) is 3.64. The number of carbonyl (C=O) groups excluding carboxylic acids is 2. The van der Waals surface area contributed by atoms with E-state index in [0.717, 1.165) is 25.7 Å². The van der Waals surface area contributed by atoms with Crippen LogP contribution in [0.2, 0.25) is 0 Å². The summed E-state index contributed by atoms with van der Waals surface area (Å²) in [6.45, 7) is 6.20. The zero-order valence-electron chi connectivity index (χ0n) is 20.3. The van der Waals surface area contributed by atoms with Crippen molar-refractivity contribution in [3.63, 3.8) is 0 Å². The van der Waals surface area contributed by atoms with Crippen LogP contribution in [0.25, 0.3) is 0 Å². The molecule has 1 unspecified atom stereocenters. The summed E-state index contributed by atoms with van der Waals surface area (Å²) in [6.07, 6.45) is 4.92. The first-order valence-corrected chi connectivity index (χ1v) is 12.1. The van der Waals surface area contributed by atoms with Crippen LogP contribution in [0.5, 0.6) is 0 Å². The van der Waals surface area contributed by atoms with E-state index in [1.54, 1.807) is 0 Å². The summed E-state index contributed by atoms with van der Waals surface area (Å²) >= 11 is 0. The van der Waals surface area contributed by atoms with Crippen molar-refractivity contribution in [1.29, 1.82) is 0 Å². The molecule has 186 valence electrons. The molecule has 3 fully saturated rings. The highest BCUT2D eigenvalue weighted by Crippen LogP contribution is 2.67. The average Bonchev–Trinajstić information content (AvgIpc) is 3.12. The van der Waals surface area contributed by atoms with Gasteiger partial charge in [0.1, 0.15) is 12.2 Å². The number of aliphatic hydroxyl groups excluding tert-OH is 1. The highest BCUT2D eigenvalue weighted by molar-refractivity contribution is 5.61. The summed E-state index contributed by atoms with van der Waals surface area (Å²) in [5, 5.41) is 22.4. The highest BCUT2D eigenvalue weighted by Gasteiger charge is 2.67. The Balaban J connectivity index is 1.71. The van der Waals surface area contributed by atoms with Crippen LogP contribution in [0.1, 0.15) is 59.3 Å². The minimum atomic E-state index is -1.32. The molecule has 0 radical (unpaired) electrons. The Morgan fingerprint density at radius 3 is 2.33 bits per heavy atom. The molecule has 0 heterocycles. The smallest absolute Gasteiger partial charge is 0.438 e. The summed E-state index contributed by atoms with van der Waals surface area (Å²) in [7, 11) is 2.49. The van der Waals surface area contributed by atoms with Crippen molar-refractivity contribution in [1.82, 2.24) is 0 Å². The van der Waals surface area contributed by atoms with Gasteiger partial charge in [-0.3, -0.25) is 0 Å². The maximum Gasteiger partial charge on any atom is 0.508 e. The number of hydrogen-bond acceptors (Lipinski definition) is 8. The Morgan fingerprint density at radius 2 is 1.70 bits per heavy atom. The zero-order valence-corrected chi connectivity index (χ0v) is 20.3. The first kappa shape index (κ1) is 24.3. The Labute approximate surface area is 195 Å². The van der Waals surface area contributed by atoms with Gasteiger partial charge in [0.2, 0.25) is 0 Å². The van der Waals surface area contributed by atoms with Gasteiger partial charge in [-0.15, -0.1) is 0 Å². The molecule has 10 atom stereocenters. The van der Waals surface area contributed by atoms with Crippen molar-refractivity contribution < 1.29 is 38.7 Å². The Kier molecular flexibility index (Phi) is 6.23. The third-order valence-corrected chi connectivity index (χ3v) is 9.80. The van der Waals surface area contributed by atoms with Crippen molar-refractivity contribution in [2.24, 2.45) is 34.5 Å². The molecule has 0 saturated heterocycles. The van der Waals surface area contributed by atoms with Crippen LogP contribution in [0.15, 0.2) is 12.2 Å². The molecular weight excluding hydrogens is 428 g/mol. The fourth-order valence-electron chi connectivity index (χ4n) is 8.10. The second-order valence-corrected chi connectivity index (χ2v) is 11.0. The van der Waals surface area contributed by atoms with Gasteiger partial charge in [0.25, 0.3) is 0 Å². The van der Waals surface area contributed by atoms with E-state index < -0.39 is 35.5 Å². The Bertz CT molecular complexity index is 810. The van der Waals surface area contributed by atoms with Crippen molar-refractivity contribution >= 4 is 12.3 Å². The predicted octanol–water partition coefficient (Wildman–Crippen LogP) is 3.83. The number of aliphatic hydroxyl groups is 2. The average molecular weight is 467 g/mol. The van der Waals surface area contributed by atoms with Gasteiger partial charge in [0.15, 0.2) is 0 Å². The fourth-order valence-corrected chi connectivity index (χ4v) is 8.10. The van der Waals surface area contributed by atoms with Gasteiger partial charge in [0.05, 0.1) is 25.9 Å². The minimum absolute atomic E-state index is 0.0371. The van der Waals surface area contributed by atoms with Gasteiger partial charge in [0, 0.05) is 18.3 Å². The number of rotatable bonds is 3. The van der Waals surface area contributed by atoms with Crippen LogP contribution in [-0.4, -0.2) is 60.7 Å². The van der Waals surface area contributed by atoms with Gasteiger partial charge in [-0.25, -0.2) is 9.59 Å². The van der Waals surface area contributed by atoms with Gasteiger partial charge >= 0.3 is 12.3 Å². The summed E-state index contributed by atoms with van der Waals surface area (Å²) in [6, 6.07) is 0.